The van der Waals surface area contributed by atoms with Crippen molar-refractivity contribution in [3.8, 4) is 0 Å². The number of nitrogens with one attached hydrogen (secondary N) is 1. The molecule has 1 atom stereocenters. The van der Waals surface area contributed by atoms with Crippen molar-refractivity contribution in [2.75, 3.05) is 11.9 Å². The largest absolute Gasteiger partial charge is 0.389 e. The summed E-state index contributed by atoms with van der Waals surface area (Å²) in [6, 6.07) is 7.23. The number of hydrogen-bond donors (Lipinski definition) is 2. The maximum Gasteiger partial charge on any atom is 0.253 e. The third kappa shape index (κ3) is 4.28. The fraction of sp³-hybridized carbons (Fsp3) is 0.467. The van der Waals surface area contributed by atoms with E-state index in [4.69, 9.17) is 22.7 Å². The average Bonchev–Trinajstić information content (AvgIpc) is 3.23. The molecular formula is C15H20N2O2S. The van der Waals surface area contributed by atoms with Gasteiger partial charge >= 0.3 is 0 Å². The fourth-order valence-corrected chi connectivity index (χ4v) is 2.11. The molecule has 0 radical (unpaired) electrons. The van der Waals surface area contributed by atoms with Crippen LogP contribution in [0, 0.1) is 5.92 Å². The predicted octanol–water partition coefficient (Wildman–Crippen LogP) is 2.46. The molecule has 0 bridgehead atoms. The summed E-state index contributed by atoms with van der Waals surface area (Å²) < 4.78 is 5.55. The predicted molar refractivity (Wildman–Crippen MR) is 83.7 cm³/mol. The van der Waals surface area contributed by atoms with E-state index >= 15 is 0 Å². The van der Waals surface area contributed by atoms with Gasteiger partial charge in [0.25, 0.3) is 5.91 Å². The minimum Gasteiger partial charge on any atom is -0.389 e. The number of para-hydroxylation sites is 1. The number of hydrogen-bond acceptors (Lipinski definition) is 3. The zero-order chi connectivity index (χ0) is 14.5. The zero-order valence-corrected chi connectivity index (χ0v) is 12.4. The number of thiocarbonyl (C=S) groups is 1. The number of carbonyl (C=O) groups excluding carboxylic acids is 1. The number of rotatable bonds is 7. The highest BCUT2D eigenvalue weighted by Crippen LogP contribution is 2.32. The molecule has 4 nitrogen and oxygen atoms in total. The van der Waals surface area contributed by atoms with E-state index in [0.29, 0.717) is 17.9 Å². The van der Waals surface area contributed by atoms with Gasteiger partial charge in [0.05, 0.1) is 5.69 Å². The maximum atomic E-state index is 12.1. The highest BCUT2D eigenvalue weighted by Gasteiger charge is 2.22. The van der Waals surface area contributed by atoms with Gasteiger partial charge in [-0.25, -0.2) is 0 Å². The van der Waals surface area contributed by atoms with E-state index < -0.39 is 6.10 Å². The molecule has 1 unspecified atom stereocenters. The molecule has 1 fully saturated rings. The summed E-state index contributed by atoms with van der Waals surface area (Å²) in [5.41, 5.74) is 6.93. The van der Waals surface area contributed by atoms with Crippen molar-refractivity contribution in [1.82, 2.24) is 0 Å². The van der Waals surface area contributed by atoms with Gasteiger partial charge in [0.1, 0.15) is 11.1 Å². The molecule has 1 aliphatic carbocycles. The van der Waals surface area contributed by atoms with E-state index in [2.05, 4.69) is 5.32 Å². The molecule has 0 saturated heterocycles. The molecule has 108 valence electrons. The Hall–Kier alpha value is -1.46. The lowest BCUT2D eigenvalue weighted by atomic mass is 10.1. The number of amides is 1. The Balaban J connectivity index is 1.87. The third-order valence-electron chi connectivity index (χ3n) is 3.41. The Morgan fingerprint density at radius 2 is 2.20 bits per heavy atom. The lowest BCUT2D eigenvalue weighted by molar-refractivity contribution is -0.126. The Morgan fingerprint density at radius 3 is 2.85 bits per heavy atom. The van der Waals surface area contributed by atoms with E-state index in [1.165, 1.54) is 12.8 Å². The van der Waals surface area contributed by atoms with E-state index in [0.717, 1.165) is 12.3 Å². The topological polar surface area (TPSA) is 64.3 Å². The van der Waals surface area contributed by atoms with E-state index in [1.54, 1.807) is 19.1 Å². The van der Waals surface area contributed by atoms with Crippen LogP contribution >= 0.6 is 12.2 Å². The first-order chi connectivity index (χ1) is 9.58. The monoisotopic (exact) mass is 292 g/mol. The van der Waals surface area contributed by atoms with Crippen molar-refractivity contribution in [1.29, 1.82) is 0 Å². The standard InChI is InChI=1S/C15H20N2O2S/c1-10(19-9-8-11-6-7-11)15(18)17-13-5-3-2-4-12(13)14(16)20/h2-5,10-11H,6-9H2,1H3,(H2,16,20)(H,17,18). The number of benzene rings is 1. The highest BCUT2D eigenvalue weighted by atomic mass is 32.1. The number of nitrogens with two attached hydrogens (primary N) is 1. The summed E-state index contributed by atoms with van der Waals surface area (Å²) in [5.74, 6) is 0.630. The fourth-order valence-electron chi connectivity index (χ4n) is 1.94. The first kappa shape index (κ1) is 14.9. The van der Waals surface area contributed by atoms with Gasteiger partial charge in [-0.1, -0.05) is 37.2 Å². The zero-order valence-electron chi connectivity index (χ0n) is 11.6. The molecule has 1 saturated carbocycles. The number of carbonyl (C=O) groups is 1. The average molecular weight is 292 g/mol. The molecule has 20 heavy (non-hydrogen) atoms. The summed E-state index contributed by atoms with van der Waals surface area (Å²) in [4.78, 5) is 12.3. The van der Waals surface area contributed by atoms with Crippen LogP contribution in [0.1, 0.15) is 31.7 Å². The van der Waals surface area contributed by atoms with E-state index in [-0.39, 0.29) is 10.9 Å². The molecule has 0 aliphatic heterocycles. The van der Waals surface area contributed by atoms with Crippen LogP contribution in [0.5, 0.6) is 0 Å². The smallest absolute Gasteiger partial charge is 0.253 e. The van der Waals surface area contributed by atoms with Gasteiger partial charge in [-0.2, -0.15) is 0 Å². The molecule has 2 rings (SSSR count). The molecule has 0 heterocycles. The second-order valence-corrected chi connectivity index (χ2v) is 5.58. The van der Waals surface area contributed by atoms with Gasteiger partial charge in [0.15, 0.2) is 0 Å². The summed E-state index contributed by atoms with van der Waals surface area (Å²) in [6.07, 6.45) is 3.16. The Kier molecular flexibility index (Phi) is 5.09. The molecule has 1 amide bonds. The molecule has 1 aliphatic rings. The lowest BCUT2D eigenvalue weighted by Crippen LogP contribution is -2.29. The van der Waals surface area contributed by atoms with Gasteiger partial charge in [0.2, 0.25) is 0 Å². The molecule has 0 spiro atoms. The van der Waals surface area contributed by atoms with Crippen molar-refractivity contribution in [2.45, 2.75) is 32.3 Å². The van der Waals surface area contributed by atoms with Crippen molar-refractivity contribution >= 4 is 28.8 Å². The van der Waals surface area contributed by atoms with Gasteiger partial charge in [-0.15, -0.1) is 0 Å². The molecule has 1 aromatic carbocycles. The van der Waals surface area contributed by atoms with E-state index in [9.17, 15) is 4.79 Å². The second kappa shape index (κ2) is 6.81. The first-order valence-electron chi connectivity index (χ1n) is 6.89. The number of anilines is 1. The van der Waals surface area contributed by atoms with Crippen LogP contribution in [-0.2, 0) is 9.53 Å². The maximum absolute atomic E-state index is 12.1. The van der Waals surface area contributed by atoms with Crippen molar-refractivity contribution in [2.24, 2.45) is 11.7 Å². The van der Waals surface area contributed by atoms with Gasteiger partial charge in [0, 0.05) is 12.2 Å². The van der Waals surface area contributed by atoms with Gasteiger partial charge < -0.3 is 15.8 Å². The molecule has 3 N–H and O–H groups in total. The van der Waals surface area contributed by atoms with Crippen LogP contribution in [0.2, 0.25) is 0 Å². The minimum atomic E-state index is -0.479. The summed E-state index contributed by atoms with van der Waals surface area (Å²) >= 11 is 4.97. The van der Waals surface area contributed by atoms with Crippen LogP contribution in [0.15, 0.2) is 24.3 Å². The van der Waals surface area contributed by atoms with Gasteiger partial charge in [-0.05, 0) is 31.4 Å². The Bertz CT molecular complexity index is 500. The van der Waals surface area contributed by atoms with E-state index in [1.807, 2.05) is 12.1 Å². The summed E-state index contributed by atoms with van der Waals surface area (Å²) in [5, 5.41) is 2.81. The first-order valence-corrected chi connectivity index (χ1v) is 7.30. The molecule has 5 heteroatoms. The molecular weight excluding hydrogens is 272 g/mol. The van der Waals surface area contributed by atoms with Crippen LogP contribution in [0.25, 0.3) is 0 Å². The Labute approximate surface area is 124 Å². The minimum absolute atomic E-state index is 0.176. The second-order valence-electron chi connectivity index (χ2n) is 5.14. The summed E-state index contributed by atoms with van der Waals surface area (Å²) in [6.45, 7) is 2.39. The molecule has 1 aromatic rings. The quantitative estimate of drug-likeness (QED) is 0.758. The van der Waals surface area contributed by atoms with Crippen LogP contribution in [-0.4, -0.2) is 23.6 Å². The summed E-state index contributed by atoms with van der Waals surface area (Å²) in [7, 11) is 0. The lowest BCUT2D eigenvalue weighted by Gasteiger charge is -2.15. The van der Waals surface area contributed by atoms with Crippen LogP contribution < -0.4 is 11.1 Å². The third-order valence-corrected chi connectivity index (χ3v) is 3.63. The normalized spacial score (nSPS) is 15.7. The molecule has 0 aromatic heterocycles. The van der Waals surface area contributed by atoms with Crippen molar-refractivity contribution in [3.05, 3.63) is 29.8 Å². The van der Waals surface area contributed by atoms with Crippen LogP contribution in [0.4, 0.5) is 5.69 Å². The highest BCUT2D eigenvalue weighted by molar-refractivity contribution is 7.80. The Morgan fingerprint density at radius 1 is 1.50 bits per heavy atom. The SMILES string of the molecule is CC(OCCC1CC1)C(=O)Nc1ccccc1C(N)=S. The number of ether oxygens (including phenoxy) is 1. The van der Waals surface area contributed by atoms with Crippen molar-refractivity contribution in [3.63, 3.8) is 0 Å². The van der Waals surface area contributed by atoms with Crippen molar-refractivity contribution < 1.29 is 9.53 Å². The van der Waals surface area contributed by atoms with Gasteiger partial charge in [-0.3, -0.25) is 4.79 Å². The van der Waals surface area contributed by atoms with Crippen LogP contribution in [0.3, 0.4) is 0 Å².